The Morgan fingerprint density at radius 2 is 1.82 bits per heavy atom. The van der Waals surface area contributed by atoms with E-state index < -0.39 is 0 Å². The van der Waals surface area contributed by atoms with E-state index in [2.05, 4.69) is 16.4 Å². The van der Waals surface area contributed by atoms with Crippen molar-refractivity contribution in [3.8, 4) is 5.75 Å². The Bertz CT molecular complexity index is 823. The minimum atomic E-state index is 0. The second-order valence-electron chi connectivity index (χ2n) is 5.99. The van der Waals surface area contributed by atoms with Crippen LogP contribution in [0.15, 0.2) is 48.5 Å². The Kier molecular flexibility index (Phi) is 10.9. The molecule has 0 spiro atoms. The molecule has 0 bridgehead atoms. The summed E-state index contributed by atoms with van der Waals surface area (Å²) in [6.45, 7) is 0.968. The Morgan fingerprint density at radius 3 is 2.54 bits per heavy atom. The third-order valence-electron chi connectivity index (χ3n) is 3.91. The Balaban J connectivity index is 0.00000196. The highest BCUT2D eigenvalue weighted by atomic mass is 35.5. The number of benzene rings is 2. The largest absolute Gasteiger partial charge is 0.492 e. The number of hydrogen-bond acceptors (Lipinski definition) is 5. The first-order chi connectivity index (χ1) is 12.7. The fourth-order valence-corrected chi connectivity index (χ4v) is 3.63. The number of halogens is 2. The third kappa shape index (κ3) is 7.28. The topological polar surface area (TPSA) is 77.2 Å². The molecule has 5 nitrogen and oxygen atoms in total. The van der Waals surface area contributed by atoms with Gasteiger partial charge in [0.1, 0.15) is 12.4 Å². The maximum atomic E-state index is 12.0. The molecule has 0 aliphatic carbocycles. The lowest BCUT2D eigenvalue weighted by Crippen LogP contribution is -2.12. The maximum Gasteiger partial charge on any atom is 0.224 e. The molecule has 8 heteroatoms. The summed E-state index contributed by atoms with van der Waals surface area (Å²) in [7, 11) is 0. The van der Waals surface area contributed by atoms with Gasteiger partial charge >= 0.3 is 0 Å². The van der Waals surface area contributed by atoms with Gasteiger partial charge in [0, 0.05) is 18.7 Å². The normalized spacial score (nSPS) is 10.0. The first-order valence-corrected chi connectivity index (χ1v) is 9.63. The van der Waals surface area contributed by atoms with E-state index in [-0.39, 0.29) is 30.7 Å². The van der Waals surface area contributed by atoms with E-state index in [0.717, 1.165) is 41.2 Å². The number of nitrogens with zero attached hydrogens (tertiary/aromatic N) is 1. The van der Waals surface area contributed by atoms with Crippen LogP contribution in [0.1, 0.15) is 24.3 Å². The number of nitrogens with two attached hydrogens (primary N) is 1. The Labute approximate surface area is 181 Å². The van der Waals surface area contributed by atoms with Crippen molar-refractivity contribution in [2.75, 3.05) is 18.5 Å². The minimum absolute atomic E-state index is 0. The van der Waals surface area contributed by atoms with E-state index in [9.17, 15) is 4.79 Å². The molecule has 0 saturated heterocycles. The Morgan fingerprint density at radius 1 is 1.07 bits per heavy atom. The molecular formula is C20H25Cl2N3O2S. The SMILES string of the molecule is Cl.Cl.NCCOc1ccc(NC(=O)CCCCc2nc3ccccc3s2)cc1. The molecule has 0 fully saturated rings. The van der Waals surface area contributed by atoms with Crippen LogP contribution in [0.25, 0.3) is 10.2 Å². The van der Waals surface area contributed by atoms with Gasteiger partial charge in [0.2, 0.25) is 5.91 Å². The van der Waals surface area contributed by atoms with Crippen molar-refractivity contribution in [2.45, 2.75) is 25.7 Å². The highest BCUT2D eigenvalue weighted by Gasteiger charge is 2.05. The molecule has 0 aliphatic rings. The number of carbonyl (C=O) groups excluding carboxylic acids is 1. The third-order valence-corrected chi connectivity index (χ3v) is 5.00. The lowest BCUT2D eigenvalue weighted by Gasteiger charge is -2.07. The van der Waals surface area contributed by atoms with E-state index in [0.29, 0.717) is 19.6 Å². The highest BCUT2D eigenvalue weighted by Crippen LogP contribution is 2.23. The summed E-state index contributed by atoms with van der Waals surface area (Å²) in [6, 6.07) is 15.5. The lowest BCUT2D eigenvalue weighted by atomic mass is 10.2. The van der Waals surface area contributed by atoms with E-state index in [1.165, 1.54) is 4.70 Å². The zero-order valence-corrected chi connectivity index (χ0v) is 17.9. The van der Waals surface area contributed by atoms with Gasteiger partial charge in [-0.25, -0.2) is 4.98 Å². The summed E-state index contributed by atoms with van der Waals surface area (Å²) in [4.78, 5) is 16.7. The van der Waals surface area contributed by atoms with Crippen LogP contribution < -0.4 is 15.8 Å². The quantitative estimate of drug-likeness (QED) is 0.466. The molecule has 2 aromatic carbocycles. The molecule has 3 N–H and O–H groups in total. The van der Waals surface area contributed by atoms with E-state index in [4.69, 9.17) is 10.5 Å². The molecule has 0 atom stereocenters. The number of rotatable bonds is 9. The van der Waals surface area contributed by atoms with Gasteiger partial charge in [0.15, 0.2) is 0 Å². The number of anilines is 1. The fraction of sp³-hybridized carbons (Fsp3) is 0.300. The molecule has 0 aliphatic heterocycles. The molecule has 152 valence electrons. The van der Waals surface area contributed by atoms with Crippen LogP contribution in [0.5, 0.6) is 5.75 Å². The molecule has 3 rings (SSSR count). The average Bonchev–Trinajstić information content (AvgIpc) is 3.07. The number of unbranched alkanes of at least 4 members (excludes halogenated alkanes) is 1. The summed E-state index contributed by atoms with van der Waals surface area (Å²) >= 11 is 1.73. The summed E-state index contributed by atoms with van der Waals surface area (Å²) in [5, 5.41) is 4.05. The van der Waals surface area contributed by atoms with Crippen LogP contribution in [0, 0.1) is 0 Å². The van der Waals surface area contributed by atoms with Crippen molar-refractivity contribution >= 4 is 58.0 Å². The fourth-order valence-electron chi connectivity index (χ4n) is 2.62. The smallest absolute Gasteiger partial charge is 0.224 e. The van der Waals surface area contributed by atoms with Gasteiger partial charge in [-0.1, -0.05) is 12.1 Å². The minimum Gasteiger partial charge on any atom is -0.492 e. The summed E-state index contributed by atoms with van der Waals surface area (Å²) in [5.41, 5.74) is 7.24. The standard InChI is InChI=1S/C20H23N3O2S.2ClH/c21-13-14-25-16-11-9-15(10-12-16)22-19(24)7-3-4-8-20-23-17-5-1-2-6-18(17)26-20;;/h1-2,5-6,9-12H,3-4,7-8,13-14,21H2,(H,22,24);2*1H. The molecule has 0 unspecified atom stereocenters. The van der Waals surface area contributed by atoms with Crippen molar-refractivity contribution < 1.29 is 9.53 Å². The number of para-hydroxylation sites is 1. The number of aryl methyl sites for hydroxylation is 1. The zero-order chi connectivity index (χ0) is 18.2. The summed E-state index contributed by atoms with van der Waals surface area (Å²) in [5.74, 6) is 0.786. The van der Waals surface area contributed by atoms with Gasteiger partial charge < -0.3 is 15.8 Å². The Hall–Kier alpha value is -1.86. The number of thiazole rings is 1. The molecule has 1 heterocycles. The number of fused-ring (bicyclic) bond motifs is 1. The van der Waals surface area contributed by atoms with Gasteiger partial charge in [-0.2, -0.15) is 0 Å². The van der Waals surface area contributed by atoms with Gasteiger partial charge in [0.05, 0.1) is 15.2 Å². The van der Waals surface area contributed by atoms with Crippen molar-refractivity contribution in [2.24, 2.45) is 5.73 Å². The first kappa shape index (κ1) is 24.2. The number of carbonyl (C=O) groups is 1. The predicted molar refractivity (Wildman–Crippen MR) is 121 cm³/mol. The van der Waals surface area contributed by atoms with E-state index >= 15 is 0 Å². The zero-order valence-electron chi connectivity index (χ0n) is 15.4. The molecule has 0 saturated carbocycles. The van der Waals surface area contributed by atoms with Crippen LogP contribution in [-0.4, -0.2) is 24.0 Å². The van der Waals surface area contributed by atoms with Crippen LogP contribution in [-0.2, 0) is 11.2 Å². The number of hydrogen-bond donors (Lipinski definition) is 2. The van der Waals surface area contributed by atoms with Crippen molar-refractivity contribution in [3.63, 3.8) is 0 Å². The lowest BCUT2D eigenvalue weighted by molar-refractivity contribution is -0.116. The molecular weight excluding hydrogens is 417 g/mol. The first-order valence-electron chi connectivity index (χ1n) is 8.82. The number of amides is 1. The average molecular weight is 442 g/mol. The second-order valence-corrected chi connectivity index (χ2v) is 7.11. The van der Waals surface area contributed by atoms with Crippen molar-refractivity contribution in [3.05, 3.63) is 53.5 Å². The monoisotopic (exact) mass is 441 g/mol. The highest BCUT2D eigenvalue weighted by molar-refractivity contribution is 7.18. The molecule has 0 radical (unpaired) electrons. The van der Waals surface area contributed by atoms with Gasteiger partial charge in [-0.05, 0) is 55.7 Å². The van der Waals surface area contributed by atoms with Crippen LogP contribution >= 0.6 is 36.2 Å². The number of ether oxygens (including phenoxy) is 1. The summed E-state index contributed by atoms with van der Waals surface area (Å²) < 4.78 is 6.64. The predicted octanol–water partition coefficient (Wildman–Crippen LogP) is 4.83. The van der Waals surface area contributed by atoms with Gasteiger partial charge in [0.25, 0.3) is 0 Å². The molecule has 3 aromatic rings. The second kappa shape index (κ2) is 12.6. The van der Waals surface area contributed by atoms with E-state index in [1.54, 1.807) is 11.3 Å². The van der Waals surface area contributed by atoms with Gasteiger partial charge in [-0.15, -0.1) is 36.2 Å². The van der Waals surface area contributed by atoms with Crippen molar-refractivity contribution in [1.29, 1.82) is 0 Å². The summed E-state index contributed by atoms with van der Waals surface area (Å²) in [6.07, 6.45) is 3.23. The van der Waals surface area contributed by atoms with Crippen LogP contribution in [0.2, 0.25) is 0 Å². The number of aromatic nitrogens is 1. The number of nitrogens with one attached hydrogen (secondary N) is 1. The molecule has 1 aromatic heterocycles. The van der Waals surface area contributed by atoms with Crippen LogP contribution in [0.4, 0.5) is 5.69 Å². The maximum absolute atomic E-state index is 12.0. The molecule has 1 amide bonds. The van der Waals surface area contributed by atoms with Gasteiger partial charge in [-0.3, -0.25) is 4.79 Å². The molecule has 28 heavy (non-hydrogen) atoms. The van der Waals surface area contributed by atoms with Crippen LogP contribution in [0.3, 0.4) is 0 Å². The van der Waals surface area contributed by atoms with Crippen molar-refractivity contribution in [1.82, 2.24) is 4.98 Å². The van der Waals surface area contributed by atoms with E-state index in [1.807, 2.05) is 42.5 Å².